The van der Waals surface area contributed by atoms with Crippen molar-refractivity contribution >= 4 is 6.09 Å². The van der Waals surface area contributed by atoms with E-state index >= 15 is 0 Å². The maximum absolute atomic E-state index is 11.6. The predicted octanol–water partition coefficient (Wildman–Crippen LogP) is 3.00. The van der Waals surface area contributed by atoms with Gasteiger partial charge in [0.15, 0.2) is 6.79 Å². The Morgan fingerprint density at radius 1 is 1.30 bits per heavy atom. The highest BCUT2D eigenvalue weighted by Gasteiger charge is 2.15. The first kappa shape index (κ1) is 16.3. The second kappa shape index (κ2) is 7.14. The summed E-state index contributed by atoms with van der Waals surface area (Å²) >= 11 is 0. The van der Waals surface area contributed by atoms with E-state index in [0.29, 0.717) is 6.54 Å². The number of amides is 1. The van der Waals surface area contributed by atoms with Crippen molar-refractivity contribution in [2.45, 2.75) is 39.8 Å². The van der Waals surface area contributed by atoms with Crippen molar-refractivity contribution in [1.29, 1.82) is 0 Å². The maximum atomic E-state index is 11.6. The average molecular weight is 281 g/mol. The fourth-order valence-electron chi connectivity index (χ4n) is 1.52. The number of nitrogens with one attached hydrogen (secondary N) is 1. The number of rotatable bonds is 5. The molecule has 1 amide bonds. The van der Waals surface area contributed by atoms with E-state index in [1.165, 1.54) is 0 Å². The first-order valence-corrected chi connectivity index (χ1v) is 6.50. The van der Waals surface area contributed by atoms with E-state index in [1.54, 1.807) is 7.11 Å². The molecule has 0 saturated heterocycles. The van der Waals surface area contributed by atoms with Crippen molar-refractivity contribution in [2.75, 3.05) is 13.9 Å². The lowest BCUT2D eigenvalue weighted by molar-refractivity contribution is 0.0500. The molecule has 20 heavy (non-hydrogen) atoms. The molecule has 0 aliphatic rings. The van der Waals surface area contributed by atoms with Crippen molar-refractivity contribution in [3.63, 3.8) is 0 Å². The molecule has 0 aliphatic carbocycles. The Morgan fingerprint density at radius 3 is 2.60 bits per heavy atom. The van der Waals surface area contributed by atoms with Gasteiger partial charge in [0, 0.05) is 13.7 Å². The Labute approximate surface area is 120 Å². The Balaban J connectivity index is 2.58. The molecule has 0 fully saturated rings. The summed E-state index contributed by atoms with van der Waals surface area (Å²) in [6.45, 7) is 8.03. The zero-order chi connectivity index (χ0) is 15.2. The lowest BCUT2D eigenvalue weighted by atomic mass is 10.1. The Bertz CT molecular complexity index is 452. The highest BCUT2D eigenvalue weighted by Crippen LogP contribution is 2.19. The summed E-state index contributed by atoms with van der Waals surface area (Å²) in [6.07, 6.45) is -0.433. The normalized spacial score (nSPS) is 11.1. The van der Waals surface area contributed by atoms with Crippen molar-refractivity contribution in [3.05, 3.63) is 29.3 Å². The molecule has 0 spiro atoms. The molecule has 5 heteroatoms. The summed E-state index contributed by atoms with van der Waals surface area (Å²) in [5.74, 6) is 0.746. The third-order valence-electron chi connectivity index (χ3n) is 2.42. The van der Waals surface area contributed by atoms with Crippen LogP contribution in [0.5, 0.6) is 5.75 Å². The zero-order valence-electron chi connectivity index (χ0n) is 12.8. The van der Waals surface area contributed by atoms with Crippen LogP contribution in [-0.2, 0) is 16.0 Å². The highest BCUT2D eigenvalue weighted by atomic mass is 16.7. The molecule has 5 nitrogen and oxygen atoms in total. The number of alkyl carbamates (subject to hydrolysis) is 1. The Hall–Kier alpha value is -1.75. The van der Waals surface area contributed by atoms with Gasteiger partial charge in [-0.25, -0.2) is 4.79 Å². The molecule has 1 aromatic rings. The summed E-state index contributed by atoms with van der Waals surface area (Å²) in [4.78, 5) is 11.6. The Morgan fingerprint density at radius 2 is 2.00 bits per heavy atom. The van der Waals surface area contributed by atoms with Crippen LogP contribution in [0.15, 0.2) is 18.2 Å². The number of hydrogen-bond acceptors (Lipinski definition) is 4. The minimum Gasteiger partial charge on any atom is -0.467 e. The molecule has 0 heterocycles. The first-order valence-electron chi connectivity index (χ1n) is 6.50. The molecule has 0 bridgehead atoms. The number of aryl methyl sites for hydroxylation is 1. The number of methoxy groups -OCH3 is 1. The van der Waals surface area contributed by atoms with Gasteiger partial charge in [0.05, 0.1) is 0 Å². The number of benzene rings is 1. The quantitative estimate of drug-likeness (QED) is 0.843. The zero-order valence-corrected chi connectivity index (χ0v) is 12.8. The molecular formula is C15H23NO4. The fourth-order valence-corrected chi connectivity index (χ4v) is 1.52. The number of ether oxygens (including phenoxy) is 3. The molecule has 0 aromatic heterocycles. The monoisotopic (exact) mass is 281 g/mol. The van der Waals surface area contributed by atoms with Crippen molar-refractivity contribution < 1.29 is 19.0 Å². The van der Waals surface area contributed by atoms with Gasteiger partial charge >= 0.3 is 6.09 Å². The van der Waals surface area contributed by atoms with E-state index in [-0.39, 0.29) is 6.79 Å². The van der Waals surface area contributed by atoms with E-state index in [0.717, 1.165) is 16.9 Å². The topological polar surface area (TPSA) is 56.8 Å². The van der Waals surface area contributed by atoms with Crippen LogP contribution < -0.4 is 10.1 Å². The van der Waals surface area contributed by atoms with Gasteiger partial charge in [-0.2, -0.15) is 0 Å². The lowest BCUT2D eigenvalue weighted by Gasteiger charge is -2.19. The summed E-state index contributed by atoms with van der Waals surface area (Å²) in [5, 5.41) is 2.71. The van der Waals surface area contributed by atoms with E-state index < -0.39 is 11.7 Å². The van der Waals surface area contributed by atoms with E-state index in [2.05, 4.69) is 5.32 Å². The van der Waals surface area contributed by atoms with Gasteiger partial charge in [-0.3, -0.25) is 0 Å². The van der Waals surface area contributed by atoms with Crippen LogP contribution in [0.3, 0.4) is 0 Å². The molecule has 112 valence electrons. The van der Waals surface area contributed by atoms with Crippen molar-refractivity contribution in [2.24, 2.45) is 0 Å². The van der Waals surface area contributed by atoms with Gasteiger partial charge in [0.2, 0.25) is 0 Å². The van der Waals surface area contributed by atoms with Crippen LogP contribution in [-0.4, -0.2) is 25.6 Å². The summed E-state index contributed by atoms with van der Waals surface area (Å²) in [5.41, 5.74) is 1.46. The summed E-state index contributed by atoms with van der Waals surface area (Å²) in [6, 6.07) is 5.76. The number of carbonyl (C=O) groups excluding carboxylic acids is 1. The van der Waals surface area contributed by atoms with Crippen LogP contribution >= 0.6 is 0 Å². The van der Waals surface area contributed by atoms with Crippen LogP contribution in [0.25, 0.3) is 0 Å². The lowest BCUT2D eigenvalue weighted by Crippen LogP contribution is -2.32. The molecule has 0 radical (unpaired) electrons. The molecule has 1 aromatic carbocycles. The van der Waals surface area contributed by atoms with Gasteiger partial charge in [-0.15, -0.1) is 0 Å². The SMILES string of the molecule is COCOc1cc(CNC(=O)OC(C)(C)C)ccc1C. The summed E-state index contributed by atoms with van der Waals surface area (Å²) < 4.78 is 15.5. The van der Waals surface area contributed by atoms with E-state index in [9.17, 15) is 4.79 Å². The van der Waals surface area contributed by atoms with Gasteiger partial charge in [-0.05, 0) is 44.9 Å². The van der Waals surface area contributed by atoms with Gasteiger partial charge in [0.1, 0.15) is 11.4 Å². The van der Waals surface area contributed by atoms with E-state index in [1.807, 2.05) is 45.9 Å². The first-order chi connectivity index (χ1) is 9.31. The molecule has 0 aliphatic heterocycles. The third-order valence-corrected chi connectivity index (χ3v) is 2.42. The largest absolute Gasteiger partial charge is 0.467 e. The molecule has 0 atom stereocenters. The fraction of sp³-hybridized carbons (Fsp3) is 0.533. The van der Waals surface area contributed by atoms with Crippen molar-refractivity contribution in [1.82, 2.24) is 5.32 Å². The second-order valence-corrected chi connectivity index (χ2v) is 5.51. The Kier molecular flexibility index (Phi) is 5.82. The summed E-state index contributed by atoms with van der Waals surface area (Å²) in [7, 11) is 1.57. The standard InChI is InChI=1S/C15H23NO4/c1-11-6-7-12(8-13(11)19-10-18-5)9-16-14(17)20-15(2,3)4/h6-8H,9-10H2,1-5H3,(H,16,17). The maximum Gasteiger partial charge on any atom is 0.407 e. The molecule has 1 N–H and O–H groups in total. The smallest absolute Gasteiger partial charge is 0.407 e. The number of hydrogen-bond donors (Lipinski definition) is 1. The molecule has 0 saturated carbocycles. The van der Waals surface area contributed by atoms with E-state index in [4.69, 9.17) is 14.2 Å². The highest BCUT2D eigenvalue weighted by molar-refractivity contribution is 5.67. The van der Waals surface area contributed by atoms with Crippen LogP contribution in [0.2, 0.25) is 0 Å². The van der Waals surface area contributed by atoms with Crippen LogP contribution in [0.4, 0.5) is 4.79 Å². The average Bonchev–Trinajstić information content (AvgIpc) is 2.34. The molecule has 0 unspecified atom stereocenters. The second-order valence-electron chi connectivity index (χ2n) is 5.51. The molecule has 1 rings (SSSR count). The minimum atomic E-state index is -0.496. The predicted molar refractivity (Wildman–Crippen MR) is 76.8 cm³/mol. The minimum absolute atomic E-state index is 0.198. The number of carbonyl (C=O) groups is 1. The van der Waals surface area contributed by atoms with Crippen molar-refractivity contribution in [3.8, 4) is 5.75 Å². The van der Waals surface area contributed by atoms with Crippen LogP contribution in [0, 0.1) is 6.92 Å². The molecular weight excluding hydrogens is 258 g/mol. The van der Waals surface area contributed by atoms with Gasteiger partial charge < -0.3 is 19.5 Å². The van der Waals surface area contributed by atoms with Gasteiger partial charge in [0.25, 0.3) is 0 Å². The third kappa shape index (κ3) is 5.93. The van der Waals surface area contributed by atoms with Crippen LogP contribution in [0.1, 0.15) is 31.9 Å². The van der Waals surface area contributed by atoms with Gasteiger partial charge in [-0.1, -0.05) is 12.1 Å².